The summed E-state index contributed by atoms with van der Waals surface area (Å²) < 4.78 is 0. The molecule has 86 valence electrons. The molecule has 1 N–H and O–H groups in total. The number of nitrogens with one attached hydrogen (secondary N) is 1. The highest BCUT2D eigenvalue weighted by atomic mass is 15.2. The summed E-state index contributed by atoms with van der Waals surface area (Å²) in [6.07, 6.45) is 2.53. The van der Waals surface area contributed by atoms with Gasteiger partial charge in [0.25, 0.3) is 0 Å². The second kappa shape index (κ2) is 3.53. The molecule has 0 saturated heterocycles. The van der Waals surface area contributed by atoms with Crippen molar-refractivity contribution in [3.05, 3.63) is 59.9 Å². The van der Waals surface area contributed by atoms with E-state index in [2.05, 4.69) is 57.6 Å². The molecule has 1 heterocycles. The van der Waals surface area contributed by atoms with Crippen LogP contribution in [0, 0.1) is 0 Å². The summed E-state index contributed by atoms with van der Waals surface area (Å²) in [6.45, 7) is 0. The molecule has 1 aliphatic rings. The zero-order valence-electron chi connectivity index (χ0n) is 9.72. The molecule has 4 rings (SSSR count). The third-order valence-corrected chi connectivity index (χ3v) is 3.52. The highest BCUT2D eigenvalue weighted by Gasteiger charge is 2.21. The summed E-state index contributed by atoms with van der Waals surface area (Å²) in [4.78, 5) is 4.26. The minimum atomic E-state index is 0.847. The Labute approximate surface area is 105 Å². The Balaban J connectivity index is 1.97. The third kappa shape index (κ3) is 1.24. The number of fused-ring (bicyclic) bond motifs is 3. The molecule has 0 atom stereocenters. The zero-order valence-corrected chi connectivity index (χ0v) is 9.72. The number of rotatable bonds is 1. The predicted molar refractivity (Wildman–Crippen MR) is 70.1 cm³/mol. The largest absolute Gasteiger partial charge is 0.259 e. The fourth-order valence-corrected chi connectivity index (χ4v) is 2.71. The second-order valence-electron chi connectivity index (χ2n) is 4.50. The number of H-pyrrole nitrogens is 1. The third-order valence-electron chi connectivity index (χ3n) is 3.52. The average molecular weight is 233 g/mol. The lowest BCUT2D eigenvalue weighted by Crippen LogP contribution is -1.89. The summed E-state index contributed by atoms with van der Waals surface area (Å²) >= 11 is 0. The van der Waals surface area contributed by atoms with Crippen molar-refractivity contribution < 1.29 is 0 Å². The van der Waals surface area contributed by atoms with Gasteiger partial charge in [0.2, 0.25) is 0 Å². The van der Waals surface area contributed by atoms with E-state index in [1.54, 1.807) is 6.33 Å². The van der Waals surface area contributed by atoms with Crippen LogP contribution in [-0.4, -0.2) is 15.2 Å². The van der Waals surface area contributed by atoms with Gasteiger partial charge in [-0.25, -0.2) is 4.98 Å². The zero-order chi connectivity index (χ0) is 11.9. The van der Waals surface area contributed by atoms with Gasteiger partial charge in [0, 0.05) is 5.56 Å². The highest BCUT2D eigenvalue weighted by Crippen LogP contribution is 2.40. The maximum Gasteiger partial charge on any atom is 0.155 e. The number of aromatic amines is 1. The average Bonchev–Trinajstić information content (AvgIpc) is 3.05. The number of aromatic nitrogens is 3. The van der Waals surface area contributed by atoms with E-state index in [0.29, 0.717) is 0 Å². The van der Waals surface area contributed by atoms with Crippen molar-refractivity contribution in [1.82, 2.24) is 15.2 Å². The fourth-order valence-electron chi connectivity index (χ4n) is 2.71. The molecule has 2 aromatic carbocycles. The van der Waals surface area contributed by atoms with Crippen molar-refractivity contribution in [2.45, 2.75) is 6.42 Å². The first-order valence-electron chi connectivity index (χ1n) is 5.99. The molecule has 1 aliphatic carbocycles. The molecule has 18 heavy (non-hydrogen) atoms. The van der Waals surface area contributed by atoms with Crippen LogP contribution in [0.15, 0.2) is 48.8 Å². The summed E-state index contributed by atoms with van der Waals surface area (Å²) in [6, 6.07) is 14.9. The monoisotopic (exact) mass is 233 g/mol. The number of nitrogens with zero attached hydrogens (tertiary/aromatic N) is 2. The van der Waals surface area contributed by atoms with Crippen LogP contribution in [-0.2, 0) is 6.42 Å². The van der Waals surface area contributed by atoms with Gasteiger partial charge in [-0.1, -0.05) is 42.5 Å². The molecule has 0 amide bonds. The van der Waals surface area contributed by atoms with E-state index in [4.69, 9.17) is 0 Å². The molecule has 0 unspecified atom stereocenters. The van der Waals surface area contributed by atoms with Gasteiger partial charge in [0.15, 0.2) is 5.82 Å². The van der Waals surface area contributed by atoms with Crippen LogP contribution < -0.4 is 0 Å². The minimum Gasteiger partial charge on any atom is -0.259 e. The van der Waals surface area contributed by atoms with Crippen molar-refractivity contribution in [2.75, 3.05) is 0 Å². The Morgan fingerprint density at radius 3 is 2.61 bits per heavy atom. The second-order valence-corrected chi connectivity index (χ2v) is 4.50. The van der Waals surface area contributed by atoms with Crippen LogP contribution in [0.5, 0.6) is 0 Å². The fraction of sp³-hybridized carbons (Fsp3) is 0.0667. The van der Waals surface area contributed by atoms with E-state index >= 15 is 0 Å². The molecule has 1 aromatic heterocycles. The predicted octanol–water partition coefficient (Wildman–Crippen LogP) is 3.04. The van der Waals surface area contributed by atoms with Crippen LogP contribution in [0.25, 0.3) is 22.5 Å². The Morgan fingerprint density at radius 1 is 0.889 bits per heavy atom. The molecule has 3 heteroatoms. The molecule has 0 fully saturated rings. The Morgan fingerprint density at radius 2 is 1.72 bits per heavy atom. The van der Waals surface area contributed by atoms with Crippen LogP contribution in [0.4, 0.5) is 0 Å². The van der Waals surface area contributed by atoms with Gasteiger partial charge in [-0.15, -0.1) is 0 Å². The standard InChI is InChI=1S/C15H11N3/c1-2-5-11-10(4-1)8-14-12(11)6-3-7-13(14)15-16-9-17-18-15/h1-7,9H,8H2,(H,16,17,18). The van der Waals surface area contributed by atoms with Crippen molar-refractivity contribution in [3.8, 4) is 22.5 Å². The Kier molecular flexibility index (Phi) is 1.88. The summed E-state index contributed by atoms with van der Waals surface area (Å²) in [7, 11) is 0. The summed E-state index contributed by atoms with van der Waals surface area (Å²) in [5.74, 6) is 0.847. The molecule has 0 bridgehead atoms. The molecular formula is C15H11N3. The lowest BCUT2D eigenvalue weighted by molar-refractivity contribution is 1.09. The topological polar surface area (TPSA) is 41.6 Å². The molecule has 0 radical (unpaired) electrons. The lowest BCUT2D eigenvalue weighted by Gasteiger charge is -2.05. The molecular weight excluding hydrogens is 222 g/mol. The number of benzene rings is 2. The molecule has 0 saturated carbocycles. The SMILES string of the molecule is c1ccc2c(c1)Cc1c(-c3ncn[nH]3)cccc1-2. The number of hydrogen-bond donors (Lipinski definition) is 1. The van der Waals surface area contributed by atoms with E-state index in [0.717, 1.165) is 17.8 Å². The Bertz CT molecular complexity index is 714. The van der Waals surface area contributed by atoms with Crippen LogP contribution in [0.1, 0.15) is 11.1 Å². The van der Waals surface area contributed by atoms with E-state index in [9.17, 15) is 0 Å². The molecule has 0 spiro atoms. The van der Waals surface area contributed by atoms with Crippen molar-refractivity contribution in [3.63, 3.8) is 0 Å². The van der Waals surface area contributed by atoms with E-state index < -0.39 is 0 Å². The summed E-state index contributed by atoms with van der Waals surface area (Å²) in [5, 5.41) is 6.89. The first-order valence-corrected chi connectivity index (χ1v) is 5.99. The van der Waals surface area contributed by atoms with Crippen LogP contribution >= 0.6 is 0 Å². The van der Waals surface area contributed by atoms with Gasteiger partial charge in [0.05, 0.1) is 0 Å². The van der Waals surface area contributed by atoms with Crippen LogP contribution in [0.2, 0.25) is 0 Å². The van der Waals surface area contributed by atoms with Crippen molar-refractivity contribution >= 4 is 0 Å². The van der Waals surface area contributed by atoms with Crippen LogP contribution in [0.3, 0.4) is 0 Å². The molecule has 3 aromatic rings. The van der Waals surface area contributed by atoms with Crippen molar-refractivity contribution in [2.24, 2.45) is 0 Å². The van der Waals surface area contributed by atoms with Gasteiger partial charge < -0.3 is 0 Å². The van der Waals surface area contributed by atoms with E-state index in [-0.39, 0.29) is 0 Å². The normalized spacial score (nSPS) is 12.2. The maximum atomic E-state index is 4.26. The van der Waals surface area contributed by atoms with Gasteiger partial charge in [-0.2, -0.15) is 5.10 Å². The lowest BCUT2D eigenvalue weighted by atomic mass is 10.0. The maximum absolute atomic E-state index is 4.26. The molecule has 3 nitrogen and oxygen atoms in total. The first kappa shape index (κ1) is 9.59. The molecule has 0 aliphatic heterocycles. The van der Waals surface area contributed by atoms with Gasteiger partial charge >= 0.3 is 0 Å². The first-order chi connectivity index (χ1) is 8.93. The Hall–Kier alpha value is -2.42. The smallest absolute Gasteiger partial charge is 0.155 e. The van der Waals surface area contributed by atoms with Crippen molar-refractivity contribution in [1.29, 1.82) is 0 Å². The summed E-state index contributed by atoms with van der Waals surface area (Å²) in [5.41, 5.74) is 6.55. The van der Waals surface area contributed by atoms with Gasteiger partial charge in [0.1, 0.15) is 6.33 Å². The van der Waals surface area contributed by atoms with Gasteiger partial charge in [-0.3, -0.25) is 5.10 Å². The quantitative estimate of drug-likeness (QED) is 0.549. The van der Waals surface area contributed by atoms with E-state index in [1.165, 1.54) is 22.3 Å². The minimum absolute atomic E-state index is 0.847. The van der Waals surface area contributed by atoms with Gasteiger partial charge in [-0.05, 0) is 28.7 Å². The number of hydrogen-bond acceptors (Lipinski definition) is 2. The highest BCUT2D eigenvalue weighted by molar-refractivity contribution is 5.83. The van der Waals surface area contributed by atoms with E-state index in [1.807, 2.05) is 0 Å².